The van der Waals surface area contributed by atoms with Crippen LogP contribution >= 0.6 is 0 Å². The Hall–Kier alpha value is -0.230. The molecular formula is C6H11FO4. The highest BCUT2D eigenvalue weighted by Crippen LogP contribution is 2.21. The number of halogens is 1. The lowest BCUT2D eigenvalue weighted by Crippen LogP contribution is -2.55. The fraction of sp³-hybridized carbons (Fsp3) is 1.00. The molecule has 3 N–H and O–H groups in total. The molecule has 66 valence electrons. The summed E-state index contributed by atoms with van der Waals surface area (Å²) in [6, 6.07) is 0. The van der Waals surface area contributed by atoms with Gasteiger partial charge >= 0.3 is 0 Å². The van der Waals surface area contributed by atoms with Gasteiger partial charge in [0.25, 0.3) is 0 Å². The van der Waals surface area contributed by atoms with Crippen LogP contribution in [0.2, 0.25) is 0 Å². The van der Waals surface area contributed by atoms with Gasteiger partial charge in [0.1, 0.15) is 18.3 Å². The van der Waals surface area contributed by atoms with Crippen molar-refractivity contribution in [1.82, 2.24) is 0 Å². The first-order valence-corrected chi connectivity index (χ1v) is 3.37. The predicted molar refractivity (Wildman–Crippen MR) is 33.5 cm³/mol. The average Bonchev–Trinajstić information content (AvgIpc) is 1.97. The molecule has 1 heterocycles. The van der Waals surface area contributed by atoms with Crippen LogP contribution in [0.15, 0.2) is 0 Å². The lowest BCUT2D eigenvalue weighted by Gasteiger charge is -2.35. The molecule has 1 aliphatic rings. The van der Waals surface area contributed by atoms with Gasteiger partial charge in [-0.3, -0.25) is 0 Å². The van der Waals surface area contributed by atoms with E-state index in [0.29, 0.717) is 0 Å². The molecule has 5 heteroatoms. The largest absolute Gasteiger partial charge is 0.388 e. The molecule has 0 amide bonds. The second kappa shape index (κ2) is 3.02. The van der Waals surface area contributed by atoms with Crippen LogP contribution in [0.3, 0.4) is 0 Å². The zero-order valence-electron chi connectivity index (χ0n) is 6.01. The van der Waals surface area contributed by atoms with Crippen molar-refractivity contribution in [3.05, 3.63) is 0 Å². The van der Waals surface area contributed by atoms with E-state index in [1.54, 1.807) is 0 Å². The fourth-order valence-electron chi connectivity index (χ4n) is 1.00. The molecule has 1 rings (SSSR count). The van der Waals surface area contributed by atoms with E-state index in [9.17, 15) is 4.39 Å². The topological polar surface area (TPSA) is 69.9 Å². The Kier molecular flexibility index (Phi) is 2.43. The van der Waals surface area contributed by atoms with E-state index >= 15 is 0 Å². The third-order valence-electron chi connectivity index (χ3n) is 1.79. The molecule has 0 aliphatic carbocycles. The Morgan fingerprint density at radius 1 is 1.09 bits per heavy atom. The number of alkyl halides is 1. The number of ether oxygens (including phenoxy) is 1. The SMILES string of the molecule is C[C@@H]1OC([18F])[C@H](O)[C@H](O)[C@H]1O. The van der Waals surface area contributed by atoms with Crippen molar-refractivity contribution >= 4 is 0 Å². The molecule has 0 radical (unpaired) electrons. The number of hydrogen-bond donors (Lipinski definition) is 3. The first kappa shape index (κ1) is 8.86. The highest BCUT2D eigenvalue weighted by atomic mass is 18.2. The number of aliphatic hydroxyl groups excluding tert-OH is 3. The van der Waals surface area contributed by atoms with Crippen LogP contribution in [0.25, 0.3) is 0 Å². The molecule has 1 aliphatic heterocycles. The van der Waals surface area contributed by atoms with Crippen LogP contribution in [0.5, 0.6) is 0 Å². The summed E-state index contributed by atoms with van der Waals surface area (Å²) < 4.78 is 17.0. The number of hydrogen-bond acceptors (Lipinski definition) is 4. The van der Waals surface area contributed by atoms with Crippen molar-refractivity contribution in [3.8, 4) is 0 Å². The minimum absolute atomic E-state index is 0.789. The van der Waals surface area contributed by atoms with E-state index in [0.717, 1.165) is 0 Å². The zero-order chi connectivity index (χ0) is 8.59. The van der Waals surface area contributed by atoms with Crippen molar-refractivity contribution < 1.29 is 24.4 Å². The highest BCUT2D eigenvalue weighted by molar-refractivity contribution is 4.86. The molecule has 0 bridgehead atoms. The Labute approximate surface area is 63.2 Å². The van der Waals surface area contributed by atoms with E-state index in [1.807, 2.05) is 0 Å². The lowest BCUT2D eigenvalue weighted by atomic mass is 10.0. The molecule has 4 nitrogen and oxygen atoms in total. The quantitative estimate of drug-likeness (QED) is 0.421. The van der Waals surface area contributed by atoms with Crippen LogP contribution in [0.4, 0.5) is 4.39 Å². The summed E-state index contributed by atoms with van der Waals surface area (Å²) in [7, 11) is 0. The highest BCUT2D eigenvalue weighted by Gasteiger charge is 2.41. The van der Waals surface area contributed by atoms with E-state index in [2.05, 4.69) is 4.74 Å². The maximum atomic E-state index is 12.5. The van der Waals surface area contributed by atoms with Crippen LogP contribution in [0, 0.1) is 0 Å². The van der Waals surface area contributed by atoms with Gasteiger partial charge in [0.05, 0.1) is 6.10 Å². The van der Waals surface area contributed by atoms with E-state index < -0.39 is 30.8 Å². The molecule has 11 heavy (non-hydrogen) atoms. The smallest absolute Gasteiger partial charge is 0.228 e. The fourth-order valence-corrected chi connectivity index (χ4v) is 1.00. The second-order valence-electron chi connectivity index (χ2n) is 2.66. The molecule has 0 aromatic carbocycles. The maximum absolute atomic E-state index is 12.5. The summed E-state index contributed by atoms with van der Waals surface area (Å²) in [4.78, 5) is 0. The Balaban J connectivity index is 2.63. The summed E-state index contributed by atoms with van der Waals surface area (Å²) in [5.74, 6) is 0. The molecule has 0 aromatic rings. The van der Waals surface area contributed by atoms with Gasteiger partial charge in [0, 0.05) is 0 Å². The Bertz CT molecular complexity index is 129. The molecule has 5 atom stereocenters. The lowest BCUT2D eigenvalue weighted by molar-refractivity contribution is -0.252. The van der Waals surface area contributed by atoms with Gasteiger partial charge in [0.15, 0.2) is 0 Å². The van der Waals surface area contributed by atoms with Gasteiger partial charge in [-0.25, -0.2) is 4.39 Å². The normalized spacial score (nSPS) is 52.6. The van der Waals surface area contributed by atoms with Crippen LogP contribution in [-0.2, 0) is 4.74 Å². The van der Waals surface area contributed by atoms with Gasteiger partial charge in [-0.05, 0) is 6.92 Å². The summed E-state index contributed by atoms with van der Waals surface area (Å²) in [5.41, 5.74) is 0. The van der Waals surface area contributed by atoms with E-state index in [1.165, 1.54) is 6.92 Å². The van der Waals surface area contributed by atoms with Crippen molar-refractivity contribution in [2.75, 3.05) is 0 Å². The van der Waals surface area contributed by atoms with Gasteiger partial charge in [-0.15, -0.1) is 0 Å². The third kappa shape index (κ3) is 1.51. The monoisotopic (exact) mass is 165 g/mol. The van der Waals surface area contributed by atoms with Crippen molar-refractivity contribution in [2.24, 2.45) is 0 Å². The minimum Gasteiger partial charge on any atom is -0.388 e. The molecule has 0 saturated carbocycles. The van der Waals surface area contributed by atoms with Crippen LogP contribution in [0.1, 0.15) is 6.92 Å². The summed E-state index contributed by atoms with van der Waals surface area (Å²) >= 11 is 0. The van der Waals surface area contributed by atoms with Crippen molar-refractivity contribution in [1.29, 1.82) is 0 Å². The number of rotatable bonds is 0. The van der Waals surface area contributed by atoms with Gasteiger partial charge in [0.2, 0.25) is 6.36 Å². The van der Waals surface area contributed by atoms with Crippen LogP contribution < -0.4 is 0 Å². The molecule has 1 saturated heterocycles. The molecule has 0 aromatic heterocycles. The molecule has 1 unspecified atom stereocenters. The van der Waals surface area contributed by atoms with Crippen molar-refractivity contribution in [2.45, 2.75) is 37.7 Å². The van der Waals surface area contributed by atoms with Gasteiger partial charge < -0.3 is 20.1 Å². The maximum Gasteiger partial charge on any atom is 0.228 e. The Morgan fingerprint density at radius 2 is 1.64 bits per heavy atom. The molecule has 0 spiro atoms. The number of aliphatic hydroxyl groups is 3. The van der Waals surface area contributed by atoms with Gasteiger partial charge in [-0.1, -0.05) is 0 Å². The van der Waals surface area contributed by atoms with E-state index in [4.69, 9.17) is 15.3 Å². The second-order valence-corrected chi connectivity index (χ2v) is 2.66. The predicted octanol–water partition coefficient (Wildman–Crippen LogP) is -1.22. The van der Waals surface area contributed by atoms with E-state index in [-0.39, 0.29) is 0 Å². The summed E-state index contributed by atoms with van der Waals surface area (Å²) in [6.07, 6.45) is -7.04. The molecular weight excluding hydrogens is 154 g/mol. The standard InChI is InChI=1S/C6H11FO4/c1-2-3(8)4(9)5(10)6(7)11-2/h2-6,8-10H,1H3/t2-,3-,4+,5+,6?/m0/s1/i7-1. The Morgan fingerprint density at radius 3 is 2.18 bits per heavy atom. The minimum atomic E-state index is -1.91. The third-order valence-corrected chi connectivity index (χ3v) is 1.79. The zero-order valence-corrected chi connectivity index (χ0v) is 6.01. The first-order valence-electron chi connectivity index (χ1n) is 3.37. The average molecular weight is 165 g/mol. The first-order chi connectivity index (χ1) is 5.04. The summed E-state index contributed by atoms with van der Waals surface area (Å²) in [5, 5.41) is 26.8. The summed E-state index contributed by atoms with van der Waals surface area (Å²) in [6.45, 7) is 1.42. The molecule has 1 fully saturated rings. The van der Waals surface area contributed by atoms with Gasteiger partial charge in [-0.2, -0.15) is 0 Å². The van der Waals surface area contributed by atoms with Crippen LogP contribution in [-0.4, -0.2) is 46.1 Å². The van der Waals surface area contributed by atoms with Crippen molar-refractivity contribution in [3.63, 3.8) is 0 Å².